The third-order valence-electron chi connectivity index (χ3n) is 7.57. The second-order valence-corrected chi connectivity index (χ2v) is 9.63. The van der Waals surface area contributed by atoms with Crippen LogP contribution >= 0.6 is 0 Å². The van der Waals surface area contributed by atoms with Gasteiger partial charge in [0.2, 0.25) is 5.91 Å². The summed E-state index contributed by atoms with van der Waals surface area (Å²) in [5.41, 5.74) is 3.31. The highest BCUT2D eigenvalue weighted by molar-refractivity contribution is 6.01. The van der Waals surface area contributed by atoms with E-state index >= 15 is 0 Å². The predicted octanol–water partition coefficient (Wildman–Crippen LogP) is 3.62. The van der Waals surface area contributed by atoms with Crippen LogP contribution in [0.5, 0.6) is 11.5 Å². The van der Waals surface area contributed by atoms with Crippen LogP contribution in [0.3, 0.4) is 0 Å². The number of rotatable bonds is 6. The molecule has 9 nitrogen and oxygen atoms in total. The van der Waals surface area contributed by atoms with E-state index in [9.17, 15) is 14.4 Å². The minimum absolute atomic E-state index is 0.0387. The van der Waals surface area contributed by atoms with Crippen LogP contribution in [-0.4, -0.2) is 85.2 Å². The van der Waals surface area contributed by atoms with E-state index in [2.05, 4.69) is 0 Å². The van der Waals surface area contributed by atoms with Crippen LogP contribution < -0.4 is 9.47 Å². The molecule has 3 aliphatic heterocycles. The van der Waals surface area contributed by atoms with Gasteiger partial charge in [0.05, 0.1) is 31.8 Å². The predicted molar refractivity (Wildman–Crippen MR) is 141 cm³/mol. The van der Waals surface area contributed by atoms with Crippen molar-refractivity contribution in [1.82, 2.24) is 14.7 Å². The lowest BCUT2D eigenvalue weighted by Gasteiger charge is -2.47. The van der Waals surface area contributed by atoms with Crippen molar-refractivity contribution in [2.24, 2.45) is 0 Å². The average molecular weight is 522 g/mol. The molecule has 3 aliphatic rings. The molecule has 3 heterocycles. The van der Waals surface area contributed by atoms with Crippen LogP contribution in [0, 0.1) is 0 Å². The molecule has 38 heavy (non-hydrogen) atoms. The zero-order chi connectivity index (χ0) is 26.8. The summed E-state index contributed by atoms with van der Waals surface area (Å²) in [5, 5.41) is 0. The first-order valence-electron chi connectivity index (χ1n) is 13.5. The smallest absolute Gasteiger partial charge is 0.409 e. The first-order valence-corrected chi connectivity index (χ1v) is 13.5. The molecular weight excluding hydrogens is 486 g/mol. The van der Waals surface area contributed by atoms with Gasteiger partial charge in [-0.05, 0) is 62.1 Å². The van der Waals surface area contributed by atoms with E-state index < -0.39 is 12.0 Å². The molecule has 1 saturated heterocycles. The van der Waals surface area contributed by atoms with Crippen LogP contribution in [0.2, 0.25) is 0 Å². The summed E-state index contributed by atoms with van der Waals surface area (Å²) >= 11 is 0. The molecule has 2 atom stereocenters. The number of piperazine rings is 1. The lowest BCUT2D eigenvalue weighted by atomic mass is 9.75. The standard InChI is InChI=1S/C29H35N3O6/c1-4-36-23-17-19-11-12-32-26(22(19)18-24(23)37-5-2)25(20-9-7-8-10-21(20)27(32)33)28(34)30-13-15-31(16-14-30)29(35)38-6-3/h7-10,17-18,25-26H,4-6,11-16H2,1-3H3/t25-,26-/m1/s1. The van der Waals surface area contributed by atoms with Crippen molar-refractivity contribution < 1.29 is 28.6 Å². The number of hydrogen-bond donors (Lipinski definition) is 0. The lowest BCUT2D eigenvalue weighted by Crippen LogP contribution is -2.55. The highest BCUT2D eigenvalue weighted by atomic mass is 16.6. The maximum atomic E-state index is 14.3. The van der Waals surface area contributed by atoms with Crippen molar-refractivity contribution in [2.75, 3.05) is 52.5 Å². The summed E-state index contributed by atoms with van der Waals surface area (Å²) < 4.78 is 16.9. The molecule has 5 rings (SSSR count). The Balaban J connectivity index is 1.54. The fourth-order valence-electron chi connectivity index (χ4n) is 5.86. The van der Waals surface area contributed by atoms with Crippen LogP contribution in [0.1, 0.15) is 59.8 Å². The Labute approximate surface area is 223 Å². The van der Waals surface area contributed by atoms with E-state index in [0.29, 0.717) is 76.0 Å². The maximum absolute atomic E-state index is 14.3. The zero-order valence-corrected chi connectivity index (χ0v) is 22.3. The summed E-state index contributed by atoms with van der Waals surface area (Å²) in [6, 6.07) is 10.9. The van der Waals surface area contributed by atoms with Gasteiger partial charge in [-0.1, -0.05) is 18.2 Å². The third-order valence-corrected chi connectivity index (χ3v) is 7.57. The maximum Gasteiger partial charge on any atom is 0.409 e. The Morgan fingerprint density at radius 3 is 2.18 bits per heavy atom. The number of ether oxygens (including phenoxy) is 3. The lowest BCUT2D eigenvalue weighted by molar-refractivity contribution is -0.136. The van der Waals surface area contributed by atoms with Gasteiger partial charge in [-0.15, -0.1) is 0 Å². The fraction of sp³-hybridized carbons (Fsp3) is 0.483. The molecule has 202 valence electrons. The number of nitrogens with zero attached hydrogens (tertiary/aromatic N) is 3. The molecule has 0 unspecified atom stereocenters. The van der Waals surface area contributed by atoms with Gasteiger partial charge in [-0.2, -0.15) is 0 Å². The number of benzene rings is 2. The number of hydrogen-bond acceptors (Lipinski definition) is 6. The molecule has 2 aromatic rings. The molecule has 0 aliphatic carbocycles. The van der Waals surface area contributed by atoms with Gasteiger partial charge in [-0.25, -0.2) is 4.79 Å². The number of carbonyl (C=O) groups is 3. The van der Waals surface area contributed by atoms with Gasteiger partial charge >= 0.3 is 6.09 Å². The Morgan fingerprint density at radius 2 is 1.50 bits per heavy atom. The molecule has 1 fully saturated rings. The second kappa shape index (κ2) is 10.9. The quantitative estimate of drug-likeness (QED) is 0.577. The van der Waals surface area contributed by atoms with Crippen molar-refractivity contribution >= 4 is 17.9 Å². The van der Waals surface area contributed by atoms with E-state index in [1.807, 2.05) is 60.0 Å². The largest absolute Gasteiger partial charge is 0.490 e. The fourth-order valence-corrected chi connectivity index (χ4v) is 5.86. The summed E-state index contributed by atoms with van der Waals surface area (Å²) in [5.74, 6) is 0.643. The SMILES string of the molecule is CCOC(=O)N1CCN(C(=O)[C@@H]2c3ccccc3C(=O)N3CCc4cc(OCC)c(OCC)cc4[C@H]23)CC1. The minimum atomic E-state index is -0.565. The molecule has 0 spiro atoms. The third kappa shape index (κ3) is 4.54. The van der Waals surface area contributed by atoms with Crippen molar-refractivity contribution in [1.29, 1.82) is 0 Å². The molecule has 0 N–H and O–H groups in total. The number of amides is 3. The van der Waals surface area contributed by atoms with Crippen LogP contribution in [0.4, 0.5) is 4.79 Å². The summed E-state index contributed by atoms with van der Waals surface area (Å²) in [7, 11) is 0. The van der Waals surface area contributed by atoms with Crippen molar-refractivity contribution in [2.45, 2.75) is 39.2 Å². The topological polar surface area (TPSA) is 88.6 Å². The molecule has 9 heteroatoms. The Morgan fingerprint density at radius 1 is 0.842 bits per heavy atom. The molecule has 2 aromatic carbocycles. The van der Waals surface area contributed by atoms with Crippen LogP contribution in [-0.2, 0) is 16.0 Å². The van der Waals surface area contributed by atoms with Crippen LogP contribution in [0.25, 0.3) is 0 Å². The van der Waals surface area contributed by atoms with Gasteiger partial charge in [0, 0.05) is 38.3 Å². The van der Waals surface area contributed by atoms with Gasteiger partial charge in [0.15, 0.2) is 11.5 Å². The van der Waals surface area contributed by atoms with Gasteiger partial charge in [0.1, 0.15) is 0 Å². The van der Waals surface area contributed by atoms with E-state index in [4.69, 9.17) is 14.2 Å². The zero-order valence-electron chi connectivity index (χ0n) is 22.3. The summed E-state index contributed by atoms with van der Waals surface area (Å²) in [6.07, 6.45) is 0.319. The van der Waals surface area contributed by atoms with Crippen LogP contribution in [0.15, 0.2) is 36.4 Å². The highest BCUT2D eigenvalue weighted by Crippen LogP contribution is 2.49. The normalized spacial score (nSPS) is 20.3. The second-order valence-electron chi connectivity index (χ2n) is 9.63. The Hall–Kier alpha value is -3.75. The first-order chi connectivity index (χ1) is 18.5. The molecule has 3 amide bonds. The number of carbonyl (C=O) groups excluding carboxylic acids is 3. The molecule has 0 bridgehead atoms. The molecule has 0 aromatic heterocycles. The average Bonchev–Trinajstić information content (AvgIpc) is 2.94. The van der Waals surface area contributed by atoms with E-state index in [-0.39, 0.29) is 17.9 Å². The van der Waals surface area contributed by atoms with Crippen molar-refractivity contribution in [3.63, 3.8) is 0 Å². The van der Waals surface area contributed by atoms with Crippen molar-refractivity contribution in [3.8, 4) is 11.5 Å². The number of fused-ring (bicyclic) bond motifs is 4. The first kappa shape index (κ1) is 25.9. The van der Waals surface area contributed by atoms with E-state index in [1.165, 1.54) is 0 Å². The molecule has 0 saturated carbocycles. The van der Waals surface area contributed by atoms with E-state index in [0.717, 1.165) is 16.7 Å². The Kier molecular flexibility index (Phi) is 7.44. The minimum Gasteiger partial charge on any atom is -0.490 e. The van der Waals surface area contributed by atoms with Gasteiger partial charge in [-0.3, -0.25) is 9.59 Å². The summed E-state index contributed by atoms with van der Waals surface area (Å²) in [4.78, 5) is 45.4. The Bertz CT molecular complexity index is 1220. The summed E-state index contributed by atoms with van der Waals surface area (Å²) in [6.45, 7) is 9.11. The van der Waals surface area contributed by atoms with Crippen molar-refractivity contribution in [3.05, 3.63) is 58.7 Å². The molecular formula is C29H35N3O6. The highest BCUT2D eigenvalue weighted by Gasteiger charge is 2.48. The van der Waals surface area contributed by atoms with Gasteiger partial charge < -0.3 is 28.9 Å². The van der Waals surface area contributed by atoms with Gasteiger partial charge in [0.25, 0.3) is 5.91 Å². The molecule has 0 radical (unpaired) electrons. The van der Waals surface area contributed by atoms with E-state index in [1.54, 1.807) is 11.8 Å². The monoisotopic (exact) mass is 521 g/mol.